The van der Waals surface area contributed by atoms with E-state index < -0.39 is 51.8 Å². The van der Waals surface area contributed by atoms with Crippen LogP contribution in [0.15, 0.2) is 97.2 Å². The third-order valence-corrected chi connectivity index (χ3v) is 9.59. The second-order valence-electron chi connectivity index (χ2n) is 14.0. The molecule has 1 rings (SSSR count). The van der Waals surface area contributed by atoms with Gasteiger partial charge in [0.2, 0.25) is 0 Å². The van der Waals surface area contributed by atoms with Gasteiger partial charge in [-0.15, -0.1) is 0 Å². The molecule has 11 nitrogen and oxygen atoms in total. The van der Waals surface area contributed by atoms with E-state index in [1.165, 1.54) is 19.3 Å². The Hall–Kier alpha value is -3.15. The minimum Gasteiger partial charge on any atom is -0.462 e. The zero-order chi connectivity index (χ0) is 42.4. The normalized spacial score (nSPS) is 18.3. The number of unbranched alkanes of at least 4 members (excludes halogenated alkanes) is 5. The average molecular weight is 833 g/mol. The van der Waals surface area contributed by atoms with Crippen molar-refractivity contribution in [2.24, 2.45) is 0 Å². The number of phosphoric ester groups is 1. The fourth-order valence-electron chi connectivity index (χ4n) is 5.24. The Labute approximate surface area is 348 Å². The van der Waals surface area contributed by atoms with E-state index in [1.807, 2.05) is 12.2 Å². The molecule has 0 amide bonds. The van der Waals surface area contributed by atoms with Crippen LogP contribution in [0.2, 0.25) is 0 Å². The molecule has 328 valence electrons. The third kappa shape index (κ3) is 33.8. The van der Waals surface area contributed by atoms with Crippen LogP contribution in [0.25, 0.3) is 0 Å². The standard InChI is InChI=1S/C46H73O11P/c1-3-5-7-8-9-10-11-12-13-14-18-21-24-27-31-35-45(49)53-39-42(40-55-58(51,52)54-38-41(48)37-47)56-46(50)36-32-28-25-22-19-16-15-17-20-23-26-30-34-44-43(57-44)33-29-6-4-2/h6,9-10,12-13,16-21,25-26,28-30,41-44,47-48H,3-5,7-8,11,14-15,22-24,27,31-40H2,1-2H3,(H,51,52)/b10-9-,13-12-,19-16-,20-17-,21-18-,28-25-,29-6-,30-26-/t41-,42+,43?,44?/m0/s1. The molecule has 0 radical (unpaired) electrons. The molecule has 1 heterocycles. The van der Waals surface area contributed by atoms with Crippen molar-refractivity contribution in [1.29, 1.82) is 0 Å². The second kappa shape index (κ2) is 36.9. The van der Waals surface area contributed by atoms with Crippen LogP contribution in [0, 0.1) is 0 Å². The highest BCUT2D eigenvalue weighted by atomic mass is 31.2. The molecule has 0 aromatic carbocycles. The lowest BCUT2D eigenvalue weighted by Crippen LogP contribution is -2.29. The van der Waals surface area contributed by atoms with E-state index in [0.717, 1.165) is 64.2 Å². The maximum Gasteiger partial charge on any atom is 0.472 e. The highest BCUT2D eigenvalue weighted by molar-refractivity contribution is 7.47. The Morgan fingerprint density at radius 1 is 0.621 bits per heavy atom. The van der Waals surface area contributed by atoms with Crippen molar-refractivity contribution in [2.75, 3.05) is 26.4 Å². The van der Waals surface area contributed by atoms with E-state index in [2.05, 4.69) is 103 Å². The van der Waals surface area contributed by atoms with Crippen molar-refractivity contribution in [3.63, 3.8) is 0 Å². The van der Waals surface area contributed by atoms with Gasteiger partial charge in [-0.3, -0.25) is 18.6 Å². The van der Waals surface area contributed by atoms with Crippen LogP contribution in [0.1, 0.15) is 129 Å². The fraction of sp³-hybridized carbons (Fsp3) is 0.609. The molecule has 12 heteroatoms. The van der Waals surface area contributed by atoms with Crippen LogP contribution >= 0.6 is 7.82 Å². The van der Waals surface area contributed by atoms with Gasteiger partial charge in [0.1, 0.15) is 12.7 Å². The number of rotatable bonds is 37. The van der Waals surface area contributed by atoms with E-state index in [1.54, 1.807) is 0 Å². The number of aliphatic hydroxyl groups is 2. The molecule has 3 N–H and O–H groups in total. The van der Waals surface area contributed by atoms with Crippen molar-refractivity contribution < 1.29 is 52.5 Å². The van der Waals surface area contributed by atoms with E-state index in [4.69, 9.17) is 23.8 Å². The summed E-state index contributed by atoms with van der Waals surface area (Å²) >= 11 is 0. The number of hydrogen-bond donors (Lipinski definition) is 3. The summed E-state index contributed by atoms with van der Waals surface area (Å²) < 4.78 is 38.2. The zero-order valence-electron chi connectivity index (χ0n) is 35.2. The molecular formula is C46H73O11P. The Morgan fingerprint density at radius 3 is 1.67 bits per heavy atom. The lowest BCUT2D eigenvalue weighted by atomic mass is 10.1. The predicted molar refractivity (Wildman–Crippen MR) is 232 cm³/mol. The first kappa shape index (κ1) is 52.9. The number of hydrogen-bond acceptors (Lipinski definition) is 10. The molecule has 1 aliphatic heterocycles. The van der Waals surface area contributed by atoms with Crippen LogP contribution in [0.3, 0.4) is 0 Å². The highest BCUT2D eigenvalue weighted by Crippen LogP contribution is 2.43. The molecule has 0 aliphatic carbocycles. The largest absolute Gasteiger partial charge is 0.472 e. The number of ether oxygens (including phenoxy) is 3. The molecule has 3 unspecified atom stereocenters. The van der Waals surface area contributed by atoms with E-state index in [-0.39, 0.29) is 19.4 Å². The summed E-state index contributed by atoms with van der Waals surface area (Å²) in [5.41, 5.74) is 0. The quantitative estimate of drug-likeness (QED) is 0.0180. The molecule has 1 aliphatic rings. The highest BCUT2D eigenvalue weighted by Gasteiger charge is 2.36. The monoisotopic (exact) mass is 832 g/mol. The van der Waals surface area contributed by atoms with Gasteiger partial charge in [-0.1, -0.05) is 124 Å². The third-order valence-electron chi connectivity index (χ3n) is 8.64. The summed E-state index contributed by atoms with van der Waals surface area (Å²) in [6.07, 6.45) is 47.2. The average Bonchev–Trinajstić information content (AvgIpc) is 3.97. The van der Waals surface area contributed by atoms with Crippen LogP contribution in [0.5, 0.6) is 0 Å². The maximum atomic E-state index is 12.6. The van der Waals surface area contributed by atoms with Gasteiger partial charge in [0.05, 0.1) is 32.0 Å². The van der Waals surface area contributed by atoms with E-state index in [0.29, 0.717) is 31.5 Å². The molecule has 1 saturated heterocycles. The predicted octanol–water partition coefficient (Wildman–Crippen LogP) is 10.2. The lowest BCUT2D eigenvalue weighted by Gasteiger charge is -2.20. The molecular weight excluding hydrogens is 759 g/mol. The Kier molecular flexibility index (Phi) is 33.6. The SMILES string of the molecule is CC/C=C\CC1OC1C/C=C\C/C=C\C/C=C\C/C=C\CCC(=O)O[C@H](COC(=O)CCCC/C=C\C/C=C\C/C=C\CCCCC)COP(=O)(O)OC[C@@H](O)CO. The second-order valence-corrected chi connectivity index (χ2v) is 15.5. The molecule has 0 aromatic rings. The minimum absolute atomic E-state index is 0.0415. The molecule has 58 heavy (non-hydrogen) atoms. The van der Waals surface area contributed by atoms with Gasteiger partial charge in [-0.25, -0.2) is 4.57 Å². The minimum atomic E-state index is -4.66. The van der Waals surface area contributed by atoms with Crippen LogP contribution in [-0.2, 0) is 37.4 Å². The van der Waals surface area contributed by atoms with Crippen molar-refractivity contribution in [2.45, 2.75) is 154 Å². The summed E-state index contributed by atoms with van der Waals surface area (Å²) in [7, 11) is -4.66. The van der Waals surface area contributed by atoms with Gasteiger partial charge >= 0.3 is 19.8 Å². The van der Waals surface area contributed by atoms with Crippen LogP contribution < -0.4 is 0 Å². The Balaban J connectivity index is 2.35. The number of carbonyl (C=O) groups excluding carboxylic acids is 2. The molecule has 1 fully saturated rings. The fourth-order valence-corrected chi connectivity index (χ4v) is 6.03. The van der Waals surface area contributed by atoms with Gasteiger partial charge < -0.3 is 29.3 Å². The summed E-state index contributed by atoms with van der Waals surface area (Å²) in [6, 6.07) is 0. The maximum absolute atomic E-state index is 12.6. The topological polar surface area (TPSA) is 161 Å². The lowest BCUT2D eigenvalue weighted by molar-refractivity contribution is -0.161. The zero-order valence-corrected chi connectivity index (χ0v) is 36.1. The summed E-state index contributed by atoms with van der Waals surface area (Å²) in [5, 5.41) is 18.3. The smallest absolute Gasteiger partial charge is 0.462 e. The van der Waals surface area contributed by atoms with Crippen molar-refractivity contribution in [3.8, 4) is 0 Å². The van der Waals surface area contributed by atoms with Gasteiger partial charge in [0, 0.05) is 12.8 Å². The van der Waals surface area contributed by atoms with Crippen molar-refractivity contribution >= 4 is 19.8 Å². The van der Waals surface area contributed by atoms with Crippen LogP contribution in [0.4, 0.5) is 0 Å². The van der Waals surface area contributed by atoms with E-state index in [9.17, 15) is 24.2 Å². The van der Waals surface area contributed by atoms with Crippen LogP contribution in [-0.4, -0.2) is 77.9 Å². The number of allylic oxidation sites excluding steroid dienone is 14. The van der Waals surface area contributed by atoms with Gasteiger partial charge in [0.15, 0.2) is 6.10 Å². The number of epoxide rings is 1. The first-order valence-electron chi connectivity index (χ1n) is 21.3. The molecule has 0 spiro atoms. The molecule has 5 atom stereocenters. The number of aliphatic hydroxyl groups excluding tert-OH is 2. The number of carbonyl (C=O) groups is 2. The molecule has 0 aromatic heterocycles. The van der Waals surface area contributed by atoms with Gasteiger partial charge in [-0.05, 0) is 89.9 Å². The summed E-state index contributed by atoms with van der Waals surface area (Å²) in [6.45, 7) is 2.07. The first-order valence-corrected chi connectivity index (χ1v) is 22.8. The first-order chi connectivity index (χ1) is 28.2. The van der Waals surface area contributed by atoms with E-state index >= 15 is 0 Å². The number of esters is 2. The summed E-state index contributed by atoms with van der Waals surface area (Å²) in [4.78, 5) is 34.9. The molecule has 0 bridgehead atoms. The van der Waals surface area contributed by atoms with Gasteiger partial charge in [-0.2, -0.15) is 0 Å². The van der Waals surface area contributed by atoms with Crippen molar-refractivity contribution in [3.05, 3.63) is 97.2 Å². The van der Waals surface area contributed by atoms with Crippen molar-refractivity contribution in [1.82, 2.24) is 0 Å². The number of phosphoric acid groups is 1. The Morgan fingerprint density at radius 2 is 1.12 bits per heavy atom. The molecule has 0 saturated carbocycles. The van der Waals surface area contributed by atoms with Gasteiger partial charge in [0.25, 0.3) is 0 Å². The summed E-state index contributed by atoms with van der Waals surface area (Å²) in [5.74, 6) is -1.08. The Bertz CT molecular complexity index is 1350.